The van der Waals surface area contributed by atoms with Crippen molar-refractivity contribution >= 4 is 23.6 Å². The number of hydrogen-bond acceptors (Lipinski definition) is 7. The number of methoxy groups -OCH3 is 3. The zero-order valence-electron chi connectivity index (χ0n) is 17.4. The van der Waals surface area contributed by atoms with E-state index in [0.29, 0.717) is 40.9 Å². The third-order valence-electron chi connectivity index (χ3n) is 3.89. The molecule has 0 unspecified atom stereocenters. The minimum atomic E-state index is -0.661. The fourth-order valence-corrected chi connectivity index (χ4v) is 2.54. The molecule has 30 heavy (non-hydrogen) atoms. The molecule has 2 rings (SSSR count). The van der Waals surface area contributed by atoms with E-state index in [-0.39, 0.29) is 0 Å². The molecule has 0 atom stereocenters. The number of hydrogen-bond donors (Lipinski definition) is 1. The van der Waals surface area contributed by atoms with Crippen LogP contribution in [0, 0.1) is 0 Å². The lowest BCUT2D eigenvalue weighted by molar-refractivity contribution is -0.142. The molecule has 0 bridgehead atoms. The molecule has 8 heteroatoms. The first-order valence-corrected chi connectivity index (χ1v) is 9.18. The van der Waals surface area contributed by atoms with Crippen LogP contribution < -0.4 is 24.3 Å². The Labute approximate surface area is 175 Å². The maximum atomic E-state index is 11.9. The van der Waals surface area contributed by atoms with Crippen molar-refractivity contribution in [3.8, 4) is 23.0 Å². The molecular weight excluding hydrogens is 390 g/mol. The fourth-order valence-electron chi connectivity index (χ4n) is 2.54. The fraction of sp³-hybridized carbons (Fsp3) is 0.273. The topological polar surface area (TPSA) is 92.3 Å². The molecule has 1 amide bonds. The number of nitrogens with one attached hydrogen (secondary N) is 1. The summed E-state index contributed by atoms with van der Waals surface area (Å²) in [4.78, 5) is 23.9. The van der Waals surface area contributed by atoms with Crippen LogP contribution in [0.1, 0.15) is 12.5 Å². The SMILES string of the molecule is CCOc1ccc(NC(=O)COC(=O)/C=C/c2cc(OC)c(OC)c(OC)c2)cc1. The second-order valence-electron chi connectivity index (χ2n) is 5.91. The quantitative estimate of drug-likeness (QED) is 0.470. The highest BCUT2D eigenvalue weighted by atomic mass is 16.5. The molecule has 0 heterocycles. The molecule has 0 saturated carbocycles. The molecule has 0 spiro atoms. The summed E-state index contributed by atoms with van der Waals surface area (Å²) < 4.78 is 26.1. The van der Waals surface area contributed by atoms with E-state index < -0.39 is 18.5 Å². The Hall–Kier alpha value is -3.68. The summed E-state index contributed by atoms with van der Waals surface area (Å²) in [6.07, 6.45) is 2.74. The molecule has 0 fully saturated rings. The van der Waals surface area contributed by atoms with Gasteiger partial charge in [-0.05, 0) is 55.0 Å². The van der Waals surface area contributed by atoms with Gasteiger partial charge in [-0.15, -0.1) is 0 Å². The highest BCUT2D eigenvalue weighted by Crippen LogP contribution is 2.38. The van der Waals surface area contributed by atoms with Gasteiger partial charge in [0, 0.05) is 11.8 Å². The van der Waals surface area contributed by atoms with Crippen LogP contribution in [0.5, 0.6) is 23.0 Å². The summed E-state index contributed by atoms with van der Waals surface area (Å²) in [5.41, 5.74) is 1.22. The van der Waals surface area contributed by atoms with E-state index in [0.717, 1.165) is 0 Å². The Morgan fingerprint density at radius 2 is 1.60 bits per heavy atom. The summed E-state index contributed by atoms with van der Waals surface area (Å²) in [6.45, 7) is 2.04. The van der Waals surface area contributed by atoms with Crippen molar-refractivity contribution in [2.45, 2.75) is 6.92 Å². The smallest absolute Gasteiger partial charge is 0.331 e. The maximum Gasteiger partial charge on any atom is 0.331 e. The number of rotatable bonds is 10. The molecule has 0 radical (unpaired) electrons. The average Bonchev–Trinajstić information content (AvgIpc) is 2.76. The first kappa shape index (κ1) is 22.6. The van der Waals surface area contributed by atoms with Gasteiger partial charge in [0.2, 0.25) is 5.75 Å². The maximum absolute atomic E-state index is 11.9. The van der Waals surface area contributed by atoms with Crippen molar-refractivity contribution in [1.82, 2.24) is 0 Å². The highest BCUT2D eigenvalue weighted by Gasteiger charge is 2.12. The first-order chi connectivity index (χ1) is 14.5. The minimum absolute atomic E-state index is 0.411. The van der Waals surface area contributed by atoms with Gasteiger partial charge in [0.25, 0.3) is 5.91 Å². The number of carbonyl (C=O) groups excluding carboxylic acids is 2. The first-order valence-electron chi connectivity index (χ1n) is 9.18. The zero-order valence-corrected chi connectivity index (χ0v) is 17.4. The second kappa shape index (κ2) is 11.4. The lowest BCUT2D eigenvalue weighted by Crippen LogP contribution is -2.20. The highest BCUT2D eigenvalue weighted by molar-refractivity contribution is 5.94. The molecule has 0 aliphatic rings. The van der Waals surface area contributed by atoms with Gasteiger partial charge in [-0.2, -0.15) is 0 Å². The van der Waals surface area contributed by atoms with E-state index in [1.54, 1.807) is 36.4 Å². The third kappa shape index (κ3) is 6.44. The zero-order chi connectivity index (χ0) is 21.9. The Kier molecular flexibility index (Phi) is 8.56. The normalized spacial score (nSPS) is 10.4. The van der Waals surface area contributed by atoms with E-state index in [4.69, 9.17) is 23.7 Å². The summed E-state index contributed by atoms with van der Waals surface area (Å²) in [7, 11) is 4.51. The monoisotopic (exact) mass is 415 g/mol. The predicted octanol–water partition coefficient (Wildman–Crippen LogP) is 3.31. The molecule has 160 valence electrons. The predicted molar refractivity (Wildman–Crippen MR) is 112 cm³/mol. The van der Waals surface area contributed by atoms with Crippen LogP contribution in [0.4, 0.5) is 5.69 Å². The Morgan fingerprint density at radius 3 is 2.13 bits per heavy atom. The summed E-state index contributed by atoms with van der Waals surface area (Å²) in [5, 5.41) is 2.64. The lowest BCUT2D eigenvalue weighted by atomic mass is 10.1. The van der Waals surface area contributed by atoms with Crippen LogP contribution in [0.15, 0.2) is 42.5 Å². The van der Waals surface area contributed by atoms with Gasteiger partial charge < -0.3 is 29.0 Å². The summed E-state index contributed by atoms with van der Waals surface area (Å²) >= 11 is 0. The largest absolute Gasteiger partial charge is 0.494 e. The van der Waals surface area contributed by atoms with E-state index in [2.05, 4.69) is 5.32 Å². The Bertz CT molecular complexity index is 866. The van der Waals surface area contributed by atoms with Crippen LogP contribution in [-0.4, -0.2) is 46.4 Å². The van der Waals surface area contributed by atoms with Crippen molar-refractivity contribution in [1.29, 1.82) is 0 Å². The van der Waals surface area contributed by atoms with Crippen molar-refractivity contribution in [2.24, 2.45) is 0 Å². The molecule has 1 N–H and O–H groups in total. The van der Waals surface area contributed by atoms with Gasteiger partial charge in [-0.1, -0.05) is 0 Å². The van der Waals surface area contributed by atoms with Crippen molar-refractivity contribution in [3.05, 3.63) is 48.0 Å². The second-order valence-corrected chi connectivity index (χ2v) is 5.91. The van der Waals surface area contributed by atoms with Gasteiger partial charge in [-0.25, -0.2) is 4.79 Å². The molecule has 2 aromatic rings. The number of anilines is 1. The molecule has 0 aliphatic carbocycles. The number of amides is 1. The Morgan fingerprint density at radius 1 is 0.967 bits per heavy atom. The number of carbonyl (C=O) groups is 2. The lowest BCUT2D eigenvalue weighted by Gasteiger charge is -2.12. The van der Waals surface area contributed by atoms with Crippen molar-refractivity contribution in [3.63, 3.8) is 0 Å². The van der Waals surface area contributed by atoms with Crippen LogP contribution in [0.25, 0.3) is 6.08 Å². The Balaban J connectivity index is 1.90. The van der Waals surface area contributed by atoms with Crippen LogP contribution in [0.3, 0.4) is 0 Å². The van der Waals surface area contributed by atoms with E-state index in [1.807, 2.05) is 6.92 Å². The van der Waals surface area contributed by atoms with Gasteiger partial charge in [0.05, 0.1) is 27.9 Å². The number of ether oxygens (including phenoxy) is 5. The van der Waals surface area contributed by atoms with Gasteiger partial charge in [0.15, 0.2) is 18.1 Å². The van der Waals surface area contributed by atoms with Gasteiger partial charge in [-0.3, -0.25) is 4.79 Å². The molecule has 8 nitrogen and oxygen atoms in total. The number of benzene rings is 2. The van der Waals surface area contributed by atoms with Gasteiger partial charge >= 0.3 is 5.97 Å². The standard InChI is InChI=1S/C22H25NO7/c1-5-29-17-9-7-16(8-10-17)23-20(24)14-30-21(25)11-6-15-12-18(26-2)22(28-4)19(13-15)27-3/h6-13H,5,14H2,1-4H3,(H,23,24)/b11-6+. The summed E-state index contributed by atoms with van der Waals surface area (Å²) in [6, 6.07) is 10.3. The van der Waals surface area contributed by atoms with E-state index in [9.17, 15) is 9.59 Å². The molecule has 0 aromatic heterocycles. The third-order valence-corrected chi connectivity index (χ3v) is 3.89. The van der Waals surface area contributed by atoms with Crippen molar-refractivity contribution < 1.29 is 33.3 Å². The molecule has 2 aromatic carbocycles. The summed E-state index contributed by atoms with van der Waals surface area (Å²) in [5.74, 6) is 0.961. The minimum Gasteiger partial charge on any atom is -0.494 e. The van der Waals surface area contributed by atoms with Crippen LogP contribution in [0.2, 0.25) is 0 Å². The molecular formula is C22H25NO7. The van der Waals surface area contributed by atoms with E-state index >= 15 is 0 Å². The van der Waals surface area contributed by atoms with Crippen LogP contribution in [-0.2, 0) is 14.3 Å². The average molecular weight is 415 g/mol. The van der Waals surface area contributed by atoms with Gasteiger partial charge in [0.1, 0.15) is 5.75 Å². The molecule has 0 saturated heterocycles. The van der Waals surface area contributed by atoms with Crippen LogP contribution >= 0.6 is 0 Å². The van der Waals surface area contributed by atoms with Crippen molar-refractivity contribution in [2.75, 3.05) is 39.9 Å². The van der Waals surface area contributed by atoms with E-state index in [1.165, 1.54) is 33.5 Å². The molecule has 0 aliphatic heterocycles. The number of esters is 1.